The largest absolute Gasteiger partial charge is 0.465 e. The Bertz CT molecular complexity index is 1050. The number of hydrogen-bond acceptors (Lipinski definition) is 4. The van der Waals surface area contributed by atoms with Crippen LogP contribution in [0.3, 0.4) is 0 Å². The molecule has 26 heavy (non-hydrogen) atoms. The van der Waals surface area contributed by atoms with Gasteiger partial charge in [0.1, 0.15) is 5.76 Å². The number of rotatable bonds is 4. The van der Waals surface area contributed by atoms with Crippen LogP contribution in [0.25, 0.3) is 21.9 Å². The molecule has 0 radical (unpaired) electrons. The summed E-state index contributed by atoms with van der Waals surface area (Å²) >= 11 is 4.87. The number of carbonyl (C=O) groups excluding carboxylic acids is 1. The molecule has 4 rings (SSSR count). The van der Waals surface area contributed by atoms with Crippen molar-refractivity contribution in [3.63, 3.8) is 0 Å². The molecule has 0 unspecified atom stereocenters. The number of halogens is 1. The maximum atomic E-state index is 12.9. The van der Waals surface area contributed by atoms with Crippen molar-refractivity contribution in [1.82, 2.24) is 4.98 Å². The SMILES string of the molecule is O=C(Nc1nc2ccccc2s1)C(=Cc1ccco1)c1ccc(Br)cc1. The molecule has 0 bridgehead atoms. The van der Waals surface area contributed by atoms with Gasteiger partial charge in [-0.15, -0.1) is 0 Å². The fraction of sp³-hybridized carbons (Fsp3) is 0. The van der Waals surface area contributed by atoms with Crippen molar-refractivity contribution in [2.75, 3.05) is 5.32 Å². The zero-order chi connectivity index (χ0) is 17.9. The van der Waals surface area contributed by atoms with E-state index in [-0.39, 0.29) is 5.91 Å². The third-order valence-corrected chi connectivity index (χ3v) is 5.22. The van der Waals surface area contributed by atoms with E-state index in [0.717, 1.165) is 20.3 Å². The number of aromatic nitrogens is 1. The van der Waals surface area contributed by atoms with Crippen molar-refractivity contribution in [2.45, 2.75) is 0 Å². The molecule has 6 heteroatoms. The van der Waals surface area contributed by atoms with Gasteiger partial charge in [-0.1, -0.05) is 51.5 Å². The first-order valence-electron chi connectivity index (χ1n) is 7.87. The van der Waals surface area contributed by atoms with Crippen molar-refractivity contribution in [3.8, 4) is 0 Å². The maximum absolute atomic E-state index is 12.9. The summed E-state index contributed by atoms with van der Waals surface area (Å²) in [7, 11) is 0. The third-order valence-electron chi connectivity index (χ3n) is 3.74. The second kappa shape index (κ2) is 7.27. The molecule has 1 amide bonds. The van der Waals surface area contributed by atoms with Gasteiger partial charge < -0.3 is 4.42 Å². The molecule has 128 valence electrons. The van der Waals surface area contributed by atoms with Crippen molar-refractivity contribution in [2.24, 2.45) is 0 Å². The Kier molecular flexibility index (Phi) is 4.69. The number of anilines is 1. The number of amides is 1. The first kappa shape index (κ1) is 16.8. The van der Waals surface area contributed by atoms with E-state index in [1.807, 2.05) is 54.6 Å². The van der Waals surface area contributed by atoms with Gasteiger partial charge in [-0.2, -0.15) is 0 Å². The van der Waals surface area contributed by atoms with Gasteiger partial charge in [0.2, 0.25) is 0 Å². The van der Waals surface area contributed by atoms with Gasteiger partial charge in [0, 0.05) is 4.47 Å². The quantitative estimate of drug-likeness (QED) is 0.419. The van der Waals surface area contributed by atoms with Crippen molar-refractivity contribution in [1.29, 1.82) is 0 Å². The molecule has 0 aliphatic heterocycles. The molecule has 4 aromatic rings. The van der Waals surface area contributed by atoms with Crippen molar-refractivity contribution < 1.29 is 9.21 Å². The molecule has 2 aromatic carbocycles. The van der Waals surface area contributed by atoms with Gasteiger partial charge in [-0.3, -0.25) is 10.1 Å². The van der Waals surface area contributed by atoms with Crippen LogP contribution in [0.1, 0.15) is 11.3 Å². The lowest BCUT2D eigenvalue weighted by molar-refractivity contribution is -0.111. The summed E-state index contributed by atoms with van der Waals surface area (Å²) < 4.78 is 7.36. The second-order valence-corrected chi connectivity index (χ2v) is 7.47. The molecule has 0 saturated carbocycles. The minimum absolute atomic E-state index is 0.234. The van der Waals surface area contributed by atoms with Crippen LogP contribution < -0.4 is 5.32 Å². The van der Waals surface area contributed by atoms with Crippen LogP contribution in [0.2, 0.25) is 0 Å². The summed E-state index contributed by atoms with van der Waals surface area (Å²) in [6, 6.07) is 19.0. The fourth-order valence-corrected chi connectivity index (χ4v) is 3.64. The van der Waals surface area contributed by atoms with Crippen LogP contribution in [0, 0.1) is 0 Å². The number of furan rings is 1. The predicted octanol–water partition coefficient (Wildman–Crippen LogP) is 5.83. The zero-order valence-corrected chi connectivity index (χ0v) is 15.9. The maximum Gasteiger partial charge on any atom is 0.258 e. The minimum Gasteiger partial charge on any atom is -0.465 e. The number of nitrogens with zero attached hydrogens (tertiary/aromatic N) is 1. The Morgan fingerprint density at radius 1 is 1.08 bits per heavy atom. The van der Waals surface area contributed by atoms with Crippen molar-refractivity contribution in [3.05, 3.63) is 82.7 Å². The number of nitrogens with one attached hydrogen (secondary N) is 1. The molecule has 2 aromatic heterocycles. The second-order valence-electron chi connectivity index (χ2n) is 5.52. The van der Waals surface area contributed by atoms with Crippen LogP contribution in [-0.2, 0) is 4.79 Å². The molecule has 2 heterocycles. The molecular weight excluding hydrogens is 412 g/mol. The summed E-state index contributed by atoms with van der Waals surface area (Å²) in [5, 5.41) is 3.47. The van der Waals surface area contributed by atoms with E-state index >= 15 is 0 Å². The number of carbonyl (C=O) groups is 1. The third kappa shape index (κ3) is 3.61. The Morgan fingerprint density at radius 3 is 2.62 bits per heavy atom. The molecule has 4 nitrogen and oxygen atoms in total. The summed E-state index contributed by atoms with van der Waals surface area (Å²) in [6.45, 7) is 0. The highest BCUT2D eigenvalue weighted by atomic mass is 79.9. The number of benzene rings is 2. The first-order valence-corrected chi connectivity index (χ1v) is 9.48. The van der Waals surface area contributed by atoms with Crippen LogP contribution in [0.4, 0.5) is 5.13 Å². The number of thiazole rings is 1. The topological polar surface area (TPSA) is 55.1 Å². The molecule has 0 aliphatic carbocycles. The van der Waals surface area contributed by atoms with E-state index in [9.17, 15) is 4.79 Å². The van der Waals surface area contributed by atoms with E-state index in [0.29, 0.717) is 16.5 Å². The summed E-state index contributed by atoms with van der Waals surface area (Å²) in [5.41, 5.74) is 2.17. The van der Waals surface area contributed by atoms with E-state index in [1.165, 1.54) is 11.3 Å². The van der Waals surface area contributed by atoms with E-state index in [1.54, 1.807) is 18.4 Å². The molecule has 0 aliphatic rings. The predicted molar refractivity (Wildman–Crippen MR) is 109 cm³/mol. The molecule has 0 saturated heterocycles. The lowest BCUT2D eigenvalue weighted by Gasteiger charge is -2.07. The van der Waals surface area contributed by atoms with E-state index in [4.69, 9.17) is 4.42 Å². The number of para-hydroxylation sites is 1. The molecule has 0 spiro atoms. The normalized spacial score (nSPS) is 11.7. The molecule has 1 N–H and O–H groups in total. The monoisotopic (exact) mass is 424 g/mol. The van der Waals surface area contributed by atoms with Gasteiger partial charge in [0.25, 0.3) is 5.91 Å². The zero-order valence-electron chi connectivity index (χ0n) is 13.5. The molecular formula is C20H13BrN2O2S. The fourth-order valence-electron chi connectivity index (χ4n) is 2.52. The van der Waals surface area contributed by atoms with Gasteiger partial charge in [0.05, 0.1) is 22.1 Å². The van der Waals surface area contributed by atoms with Crippen LogP contribution >= 0.6 is 27.3 Å². The van der Waals surface area contributed by atoms with Crippen LogP contribution in [0.15, 0.2) is 75.8 Å². The Hall–Kier alpha value is -2.70. The summed E-state index contributed by atoms with van der Waals surface area (Å²) in [6.07, 6.45) is 3.31. The average Bonchev–Trinajstić information content (AvgIpc) is 3.29. The van der Waals surface area contributed by atoms with Gasteiger partial charge in [-0.25, -0.2) is 4.98 Å². The van der Waals surface area contributed by atoms with Crippen molar-refractivity contribution >= 4 is 60.2 Å². The Balaban J connectivity index is 1.68. The van der Waals surface area contributed by atoms with Gasteiger partial charge in [0.15, 0.2) is 5.13 Å². The van der Waals surface area contributed by atoms with Crippen LogP contribution in [0.5, 0.6) is 0 Å². The first-order chi connectivity index (χ1) is 12.7. The lowest BCUT2D eigenvalue weighted by atomic mass is 10.0. The minimum atomic E-state index is -0.234. The Labute approximate surface area is 162 Å². The lowest BCUT2D eigenvalue weighted by Crippen LogP contribution is -2.13. The van der Waals surface area contributed by atoms with Gasteiger partial charge in [-0.05, 0) is 48.0 Å². The summed E-state index contributed by atoms with van der Waals surface area (Å²) in [5.74, 6) is 0.380. The standard InChI is InChI=1S/C20H13BrN2O2S/c21-14-9-7-13(8-10-14)16(12-15-4-3-11-25-15)19(24)23-20-22-17-5-1-2-6-18(17)26-20/h1-12H,(H,22,23,24). The number of fused-ring (bicyclic) bond motifs is 1. The number of hydrogen-bond donors (Lipinski definition) is 1. The average molecular weight is 425 g/mol. The van der Waals surface area contributed by atoms with E-state index < -0.39 is 0 Å². The Morgan fingerprint density at radius 2 is 1.88 bits per heavy atom. The van der Waals surface area contributed by atoms with Gasteiger partial charge >= 0.3 is 0 Å². The molecule has 0 atom stereocenters. The van der Waals surface area contributed by atoms with Crippen LogP contribution in [-0.4, -0.2) is 10.9 Å². The molecule has 0 fully saturated rings. The highest BCUT2D eigenvalue weighted by Crippen LogP contribution is 2.28. The summed E-state index contributed by atoms with van der Waals surface area (Å²) in [4.78, 5) is 17.4. The smallest absolute Gasteiger partial charge is 0.258 e. The highest BCUT2D eigenvalue weighted by molar-refractivity contribution is 9.10. The highest BCUT2D eigenvalue weighted by Gasteiger charge is 2.15. The van der Waals surface area contributed by atoms with E-state index in [2.05, 4.69) is 26.2 Å².